The van der Waals surface area contributed by atoms with Crippen molar-refractivity contribution < 1.29 is 4.79 Å². The molecule has 0 amide bonds. The van der Waals surface area contributed by atoms with Crippen molar-refractivity contribution >= 4 is 17.2 Å². The highest BCUT2D eigenvalue weighted by atomic mass is 16.1. The van der Waals surface area contributed by atoms with E-state index in [9.17, 15) is 4.79 Å². The molecule has 84 valence electrons. The van der Waals surface area contributed by atoms with Gasteiger partial charge in [-0.25, -0.2) is 0 Å². The van der Waals surface area contributed by atoms with E-state index in [-0.39, 0.29) is 11.2 Å². The normalized spacial score (nSPS) is 14.6. The number of benzene rings is 1. The third kappa shape index (κ3) is 2.21. The Bertz CT molecular complexity index is 452. The van der Waals surface area contributed by atoms with Crippen LogP contribution < -0.4 is 0 Å². The van der Waals surface area contributed by atoms with Crippen molar-refractivity contribution in [1.82, 2.24) is 0 Å². The lowest BCUT2D eigenvalue weighted by atomic mass is 9.87. The number of para-hydroxylation sites is 1. The second kappa shape index (κ2) is 3.85. The summed E-state index contributed by atoms with van der Waals surface area (Å²) < 4.78 is 0. The summed E-state index contributed by atoms with van der Waals surface area (Å²) in [7, 11) is 0. The first-order chi connectivity index (χ1) is 7.47. The molecule has 2 heteroatoms. The zero-order valence-electron chi connectivity index (χ0n) is 10.1. The quantitative estimate of drug-likeness (QED) is 0.744. The number of nitrogens with zero attached hydrogens (tertiary/aromatic N) is 1. The Morgan fingerprint density at radius 3 is 2.62 bits per heavy atom. The van der Waals surface area contributed by atoms with Crippen LogP contribution in [0.3, 0.4) is 0 Å². The predicted molar refractivity (Wildman–Crippen MR) is 66.3 cm³/mol. The van der Waals surface area contributed by atoms with Crippen molar-refractivity contribution in [3.63, 3.8) is 0 Å². The lowest BCUT2D eigenvalue weighted by Gasteiger charge is -2.16. The van der Waals surface area contributed by atoms with Crippen molar-refractivity contribution in [2.45, 2.75) is 33.6 Å². The summed E-state index contributed by atoms with van der Waals surface area (Å²) >= 11 is 0. The average Bonchev–Trinajstić information content (AvgIpc) is 2.58. The van der Waals surface area contributed by atoms with Gasteiger partial charge in [0.25, 0.3) is 0 Å². The van der Waals surface area contributed by atoms with Crippen molar-refractivity contribution in [1.29, 1.82) is 0 Å². The Kier molecular flexibility index (Phi) is 2.66. The van der Waals surface area contributed by atoms with Gasteiger partial charge in [-0.15, -0.1) is 0 Å². The van der Waals surface area contributed by atoms with Gasteiger partial charge in [0.2, 0.25) is 0 Å². The van der Waals surface area contributed by atoms with Crippen LogP contribution in [0.25, 0.3) is 0 Å². The molecule has 0 aliphatic carbocycles. The van der Waals surface area contributed by atoms with E-state index in [1.165, 1.54) is 5.56 Å². The summed E-state index contributed by atoms with van der Waals surface area (Å²) in [5, 5.41) is 0. The van der Waals surface area contributed by atoms with E-state index in [1.807, 2.05) is 39.0 Å². The second-order valence-corrected chi connectivity index (χ2v) is 5.33. The Hall–Kier alpha value is -1.44. The van der Waals surface area contributed by atoms with E-state index in [0.717, 1.165) is 17.8 Å². The third-order valence-corrected chi connectivity index (χ3v) is 2.87. The monoisotopic (exact) mass is 215 g/mol. The number of Topliss-reactive ketones (excluding diaryl/α,β-unsaturated/α-hetero) is 1. The Morgan fingerprint density at radius 1 is 1.31 bits per heavy atom. The molecule has 1 heterocycles. The molecule has 2 nitrogen and oxygen atoms in total. The van der Waals surface area contributed by atoms with Crippen molar-refractivity contribution in [3.05, 3.63) is 29.8 Å². The number of rotatable bonds is 2. The summed E-state index contributed by atoms with van der Waals surface area (Å²) in [6, 6.07) is 8.08. The Morgan fingerprint density at radius 2 is 2.00 bits per heavy atom. The van der Waals surface area contributed by atoms with Gasteiger partial charge in [-0.05, 0) is 11.6 Å². The van der Waals surface area contributed by atoms with Crippen LogP contribution in [-0.2, 0) is 11.2 Å². The minimum Gasteiger partial charge on any atom is -0.299 e. The van der Waals surface area contributed by atoms with E-state index in [4.69, 9.17) is 0 Å². The molecule has 1 aliphatic heterocycles. The number of carbonyl (C=O) groups is 1. The molecule has 0 saturated heterocycles. The van der Waals surface area contributed by atoms with Crippen LogP contribution >= 0.6 is 0 Å². The summed E-state index contributed by atoms with van der Waals surface area (Å²) in [6.07, 6.45) is 1.32. The van der Waals surface area contributed by atoms with Gasteiger partial charge < -0.3 is 0 Å². The fourth-order valence-electron chi connectivity index (χ4n) is 1.75. The lowest BCUT2D eigenvalue weighted by molar-refractivity contribution is -0.125. The summed E-state index contributed by atoms with van der Waals surface area (Å²) in [5.74, 6) is 0.263. The number of fused-ring (bicyclic) bond motifs is 1. The molecule has 1 aromatic rings. The summed E-state index contributed by atoms with van der Waals surface area (Å²) in [6.45, 7) is 5.87. The predicted octanol–water partition coefficient (Wildman–Crippen LogP) is 3.32. The van der Waals surface area contributed by atoms with Gasteiger partial charge in [0.1, 0.15) is 5.78 Å². The standard InChI is InChI=1S/C14H17NO/c1-14(2,3)13(16)9-11-8-10-6-4-5-7-12(10)15-11/h4-7H,8-9H2,1-3H3. The fourth-order valence-corrected chi connectivity index (χ4v) is 1.75. The maximum Gasteiger partial charge on any atom is 0.143 e. The Balaban J connectivity index is 2.10. The van der Waals surface area contributed by atoms with Crippen LogP contribution in [0.5, 0.6) is 0 Å². The van der Waals surface area contributed by atoms with Crippen LogP contribution in [0.15, 0.2) is 29.3 Å². The molecule has 0 unspecified atom stereocenters. The highest BCUT2D eigenvalue weighted by molar-refractivity contribution is 6.07. The molecule has 0 aromatic heterocycles. The highest BCUT2D eigenvalue weighted by Gasteiger charge is 2.24. The van der Waals surface area contributed by atoms with Crippen LogP contribution in [0.4, 0.5) is 5.69 Å². The molecule has 0 saturated carbocycles. The molecule has 0 radical (unpaired) electrons. The molecular formula is C14H17NO. The molecule has 1 aromatic carbocycles. The molecule has 0 atom stereocenters. The zero-order chi connectivity index (χ0) is 11.8. The minimum atomic E-state index is -0.267. The van der Waals surface area contributed by atoms with Gasteiger partial charge in [0.15, 0.2) is 0 Å². The fraction of sp³-hybridized carbons (Fsp3) is 0.429. The summed E-state index contributed by atoms with van der Waals surface area (Å²) in [5.41, 5.74) is 3.00. The molecule has 1 aliphatic rings. The van der Waals surface area contributed by atoms with Crippen molar-refractivity contribution in [2.75, 3.05) is 0 Å². The first-order valence-electron chi connectivity index (χ1n) is 5.64. The number of hydrogen-bond acceptors (Lipinski definition) is 2. The van der Waals surface area contributed by atoms with Gasteiger partial charge in [-0.3, -0.25) is 9.79 Å². The maximum absolute atomic E-state index is 11.9. The van der Waals surface area contributed by atoms with Gasteiger partial charge in [0, 0.05) is 24.0 Å². The zero-order valence-corrected chi connectivity index (χ0v) is 10.1. The van der Waals surface area contributed by atoms with E-state index < -0.39 is 0 Å². The van der Waals surface area contributed by atoms with E-state index in [1.54, 1.807) is 0 Å². The van der Waals surface area contributed by atoms with Crippen molar-refractivity contribution in [2.24, 2.45) is 10.4 Å². The smallest absolute Gasteiger partial charge is 0.143 e. The molecule has 16 heavy (non-hydrogen) atoms. The summed E-state index contributed by atoms with van der Waals surface area (Å²) in [4.78, 5) is 16.4. The SMILES string of the molecule is CC(C)(C)C(=O)CC1=Nc2ccccc2C1. The molecule has 0 fully saturated rings. The number of ketones is 1. The van der Waals surface area contributed by atoms with Gasteiger partial charge >= 0.3 is 0 Å². The van der Waals surface area contributed by atoms with Crippen LogP contribution in [0.2, 0.25) is 0 Å². The molecule has 0 N–H and O–H groups in total. The van der Waals surface area contributed by atoms with Gasteiger partial charge in [0.05, 0.1) is 5.69 Å². The second-order valence-electron chi connectivity index (χ2n) is 5.33. The first-order valence-corrected chi connectivity index (χ1v) is 5.64. The van der Waals surface area contributed by atoms with Gasteiger partial charge in [-0.2, -0.15) is 0 Å². The van der Waals surface area contributed by atoms with E-state index >= 15 is 0 Å². The molecule has 0 bridgehead atoms. The number of hydrogen-bond donors (Lipinski definition) is 0. The Labute approximate surface area is 96.4 Å². The number of aliphatic imine (C=N–C) groups is 1. The van der Waals surface area contributed by atoms with Crippen LogP contribution in [0.1, 0.15) is 32.8 Å². The maximum atomic E-state index is 11.9. The van der Waals surface area contributed by atoms with E-state index in [0.29, 0.717) is 6.42 Å². The largest absolute Gasteiger partial charge is 0.299 e. The topological polar surface area (TPSA) is 29.4 Å². The number of carbonyl (C=O) groups excluding carboxylic acids is 1. The molecular weight excluding hydrogens is 198 g/mol. The lowest BCUT2D eigenvalue weighted by Crippen LogP contribution is -2.23. The van der Waals surface area contributed by atoms with Crippen LogP contribution in [-0.4, -0.2) is 11.5 Å². The third-order valence-electron chi connectivity index (χ3n) is 2.87. The first kappa shape index (κ1) is 11.1. The minimum absolute atomic E-state index is 0.263. The van der Waals surface area contributed by atoms with Gasteiger partial charge in [-0.1, -0.05) is 39.0 Å². The van der Waals surface area contributed by atoms with Crippen LogP contribution in [0, 0.1) is 5.41 Å². The molecule has 0 spiro atoms. The highest BCUT2D eigenvalue weighted by Crippen LogP contribution is 2.28. The van der Waals surface area contributed by atoms with Crippen molar-refractivity contribution in [3.8, 4) is 0 Å². The average molecular weight is 215 g/mol. The van der Waals surface area contributed by atoms with E-state index in [2.05, 4.69) is 11.1 Å². The molecule has 2 rings (SSSR count).